The van der Waals surface area contributed by atoms with E-state index >= 15 is 0 Å². The Morgan fingerprint density at radius 3 is 2.65 bits per heavy atom. The number of hydrogen-bond donors (Lipinski definition) is 1. The second-order valence-corrected chi connectivity index (χ2v) is 7.68. The molecule has 0 amide bonds. The molecule has 2 aliphatic heterocycles. The van der Waals surface area contributed by atoms with Crippen molar-refractivity contribution >= 4 is 22.2 Å². The number of ether oxygens (including phenoxy) is 1. The highest BCUT2D eigenvalue weighted by Gasteiger charge is 2.40. The molecule has 3 unspecified atom stereocenters. The third-order valence-electron chi connectivity index (χ3n) is 3.53. The first-order chi connectivity index (χ1) is 7.41. The van der Waals surface area contributed by atoms with Crippen LogP contribution in [0.4, 0.5) is 0 Å². The lowest BCUT2D eigenvalue weighted by Gasteiger charge is -2.31. The molecule has 0 radical (unpaired) electrons. The summed E-state index contributed by atoms with van der Waals surface area (Å²) in [5.41, 5.74) is -0.450. The molecule has 4 nitrogen and oxygen atoms in total. The van der Waals surface area contributed by atoms with Crippen LogP contribution in [0.3, 0.4) is 0 Å². The fourth-order valence-corrected chi connectivity index (χ4v) is 4.75. The van der Waals surface area contributed by atoms with E-state index in [0.717, 1.165) is 19.3 Å². The summed E-state index contributed by atoms with van der Waals surface area (Å²) >= 11 is 0. The molecular formula is C11H22ClNO3S. The number of nitrogens with one attached hydrogen (secondary N) is 1. The van der Waals surface area contributed by atoms with Gasteiger partial charge in [-0.1, -0.05) is 6.42 Å². The minimum atomic E-state index is -2.89. The summed E-state index contributed by atoms with van der Waals surface area (Å²) < 4.78 is 29.5. The summed E-state index contributed by atoms with van der Waals surface area (Å²) in [7, 11) is -2.89. The van der Waals surface area contributed by atoms with Gasteiger partial charge in [0.1, 0.15) is 5.72 Å². The van der Waals surface area contributed by atoms with Gasteiger partial charge in [0.05, 0.1) is 17.6 Å². The van der Waals surface area contributed by atoms with Gasteiger partial charge in [0.15, 0.2) is 9.84 Å². The van der Waals surface area contributed by atoms with E-state index in [4.69, 9.17) is 4.74 Å². The van der Waals surface area contributed by atoms with Gasteiger partial charge in [0.2, 0.25) is 0 Å². The second kappa shape index (κ2) is 5.43. The lowest BCUT2D eigenvalue weighted by Crippen LogP contribution is -2.45. The van der Waals surface area contributed by atoms with Crippen LogP contribution in [0.15, 0.2) is 0 Å². The zero-order valence-electron chi connectivity index (χ0n) is 10.4. The van der Waals surface area contributed by atoms with Gasteiger partial charge in [0, 0.05) is 12.5 Å². The Morgan fingerprint density at radius 1 is 1.41 bits per heavy atom. The first kappa shape index (κ1) is 15.2. The summed E-state index contributed by atoms with van der Waals surface area (Å²) in [5.74, 6) is 0.350. The molecule has 2 heterocycles. The Balaban J connectivity index is 0.00000144. The molecule has 0 aromatic rings. The molecule has 6 heteroatoms. The normalized spacial score (nSPS) is 40.8. The van der Waals surface area contributed by atoms with E-state index in [2.05, 4.69) is 12.2 Å². The van der Waals surface area contributed by atoms with Gasteiger partial charge in [-0.15, -0.1) is 12.4 Å². The summed E-state index contributed by atoms with van der Waals surface area (Å²) in [5, 5.41) is 3.11. The van der Waals surface area contributed by atoms with Crippen molar-refractivity contribution < 1.29 is 13.2 Å². The average molecular weight is 284 g/mol. The topological polar surface area (TPSA) is 55.4 Å². The molecule has 2 aliphatic rings. The van der Waals surface area contributed by atoms with Crippen molar-refractivity contribution in [2.45, 2.75) is 56.5 Å². The van der Waals surface area contributed by atoms with Crippen LogP contribution in [0.5, 0.6) is 0 Å². The summed E-state index contributed by atoms with van der Waals surface area (Å²) in [6, 6.07) is 0.316. The van der Waals surface area contributed by atoms with E-state index in [0.29, 0.717) is 24.8 Å². The third kappa shape index (κ3) is 3.56. The molecule has 2 rings (SSSR count). The predicted octanol–water partition coefficient (Wildman–Crippen LogP) is 1.49. The highest BCUT2D eigenvalue weighted by atomic mass is 35.5. The standard InChI is InChI=1S/C11H21NO3S.ClH/c1-9-8-15-11(2,12-9)7-10-5-3-4-6-16(10,13)14;/h9-10,12H,3-8H2,1-2H3;1H. The van der Waals surface area contributed by atoms with E-state index < -0.39 is 15.6 Å². The molecule has 0 aromatic heterocycles. The molecule has 1 N–H and O–H groups in total. The fraction of sp³-hybridized carbons (Fsp3) is 1.00. The zero-order valence-corrected chi connectivity index (χ0v) is 12.1. The molecule has 17 heavy (non-hydrogen) atoms. The Kier molecular flexibility index (Phi) is 4.86. The van der Waals surface area contributed by atoms with Gasteiger partial charge in [-0.3, -0.25) is 5.32 Å². The van der Waals surface area contributed by atoms with E-state index in [1.807, 2.05) is 6.92 Å². The molecule has 0 spiro atoms. The van der Waals surface area contributed by atoms with Gasteiger partial charge >= 0.3 is 0 Å². The molecule has 0 aliphatic carbocycles. The van der Waals surface area contributed by atoms with Crippen molar-refractivity contribution in [2.24, 2.45) is 0 Å². The van der Waals surface area contributed by atoms with E-state index in [1.165, 1.54) is 0 Å². The van der Waals surface area contributed by atoms with Crippen molar-refractivity contribution in [1.82, 2.24) is 5.32 Å². The van der Waals surface area contributed by atoms with Crippen molar-refractivity contribution in [3.8, 4) is 0 Å². The quantitative estimate of drug-likeness (QED) is 0.834. The van der Waals surface area contributed by atoms with Crippen molar-refractivity contribution in [2.75, 3.05) is 12.4 Å². The van der Waals surface area contributed by atoms with Crippen molar-refractivity contribution in [3.63, 3.8) is 0 Å². The van der Waals surface area contributed by atoms with Crippen LogP contribution in [-0.4, -0.2) is 37.8 Å². The number of rotatable bonds is 2. The number of sulfone groups is 1. The molecule has 0 aromatic carbocycles. The first-order valence-electron chi connectivity index (χ1n) is 6.04. The van der Waals surface area contributed by atoms with Crippen LogP contribution >= 0.6 is 12.4 Å². The molecule has 2 fully saturated rings. The van der Waals surface area contributed by atoms with Gasteiger partial charge < -0.3 is 4.74 Å². The Bertz CT molecular complexity index is 360. The molecular weight excluding hydrogens is 262 g/mol. The average Bonchev–Trinajstić information content (AvgIpc) is 2.50. The minimum Gasteiger partial charge on any atom is -0.359 e. The highest BCUT2D eigenvalue weighted by Crippen LogP contribution is 2.29. The SMILES string of the molecule is CC1COC(C)(CC2CCCCS2(=O)=O)N1.Cl. The van der Waals surface area contributed by atoms with Gasteiger partial charge in [-0.05, 0) is 26.7 Å². The smallest absolute Gasteiger partial charge is 0.153 e. The lowest BCUT2D eigenvalue weighted by atomic mass is 10.0. The van der Waals surface area contributed by atoms with Crippen LogP contribution in [0, 0.1) is 0 Å². The summed E-state index contributed by atoms with van der Waals surface area (Å²) in [4.78, 5) is 0. The minimum absolute atomic E-state index is 0. The summed E-state index contributed by atoms with van der Waals surface area (Å²) in [6.07, 6.45) is 3.22. The molecule has 0 saturated carbocycles. The lowest BCUT2D eigenvalue weighted by molar-refractivity contribution is -0.00202. The van der Waals surface area contributed by atoms with Crippen LogP contribution < -0.4 is 5.32 Å². The van der Waals surface area contributed by atoms with E-state index in [1.54, 1.807) is 0 Å². The highest BCUT2D eigenvalue weighted by molar-refractivity contribution is 7.92. The summed E-state index contributed by atoms with van der Waals surface area (Å²) in [6.45, 7) is 4.69. The van der Waals surface area contributed by atoms with Gasteiger partial charge in [-0.2, -0.15) is 0 Å². The monoisotopic (exact) mass is 283 g/mol. The Hall–Kier alpha value is 0.160. The molecule has 3 atom stereocenters. The van der Waals surface area contributed by atoms with E-state index in [-0.39, 0.29) is 17.7 Å². The fourth-order valence-electron chi connectivity index (χ4n) is 2.72. The van der Waals surface area contributed by atoms with Gasteiger partial charge in [0.25, 0.3) is 0 Å². The second-order valence-electron chi connectivity index (χ2n) is 5.28. The number of hydrogen-bond acceptors (Lipinski definition) is 4. The van der Waals surface area contributed by atoms with Crippen molar-refractivity contribution in [1.29, 1.82) is 0 Å². The Labute approximate surface area is 110 Å². The first-order valence-corrected chi connectivity index (χ1v) is 7.76. The molecule has 0 bridgehead atoms. The largest absolute Gasteiger partial charge is 0.359 e. The maximum atomic E-state index is 11.9. The van der Waals surface area contributed by atoms with Crippen LogP contribution in [0.25, 0.3) is 0 Å². The molecule has 2 saturated heterocycles. The Morgan fingerprint density at radius 2 is 2.12 bits per heavy atom. The van der Waals surface area contributed by atoms with Crippen LogP contribution in [-0.2, 0) is 14.6 Å². The van der Waals surface area contributed by atoms with Crippen LogP contribution in [0.1, 0.15) is 39.5 Å². The van der Waals surface area contributed by atoms with Gasteiger partial charge in [-0.25, -0.2) is 8.42 Å². The molecule has 102 valence electrons. The number of halogens is 1. The van der Waals surface area contributed by atoms with Crippen molar-refractivity contribution in [3.05, 3.63) is 0 Å². The predicted molar refractivity (Wildman–Crippen MR) is 70.2 cm³/mol. The zero-order chi connectivity index (χ0) is 11.8. The third-order valence-corrected chi connectivity index (χ3v) is 5.81. The van der Waals surface area contributed by atoms with Crippen LogP contribution in [0.2, 0.25) is 0 Å². The van der Waals surface area contributed by atoms with E-state index in [9.17, 15) is 8.42 Å². The maximum Gasteiger partial charge on any atom is 0.153 e. The maximum absolute atomic E-state index is 11.9.